The molecule has 21 heavy (non-hydrogen) atoms. The minimum absolute atomic E-state index is 0.0508. The van der Waals surface area contributed by atoms with Crippen LogP contribution < -0.4 is 5.73 Å². The van der Waals surface area contributed by atoms with Crippen molar-refractivity contribution in [2.45, 2.75) is 12.6 Å². The van der Waals surface area contributed by atoms with Gasteiger partial charge in [-0.05, 0) is 36.9 Å². The van der Waals surface area contributed by atoms with Crippen molar-refractivity contribution in [3.05, 3.63) is 68.7 Å². The number of likely N-dealkylation sites (N-methyl/N-ethyl adjacent to an activating group) is 1. The van der Waals surface area contributed by atoms with Gasteiger partial charge in [-0.2, -0.15) is 0 Å². The molecule has 2 nitrogen and oxygen atoms in total. The van der Waals surface area contributed by atoms with Crippen molar-refractivity contribution in [1.29, 1.82) is 0 Å². The van der Waals surface area contributed by atoms with E-state index >= 15 is 0 Å². The molecule has 0 fully saturated rings. The van der Waals surface area contributed by atoms with Crippen LogP contribution in [0.1, 0.15) is 17.2 Å². The molecule has 0 radical (unpaired) electrons. The highest BCUT2D eigenvalue weighted by atomic mass is 35.5. The monoisotopic (exact) mass is 342 g/mol. The second-order valence-corrected chi connectivity index (χ2v) is 6.18. The van der Waals surface area contributed by atoms with Crippen LogP contribution in [0.4, 0.5) is 0 Å². The highest BCUT2D eigenvalue weighted by Gasteiger charge is 2.21. The fourth-order valence-corrected chi connectivity index (χ4v) is 3.24. The van der Waals surface area contributed by atoms with Crippen LogP contribution in [0.3, 0.4) is 0 Å². The molecule has 112 valence electrons. The summed E-state index contributed by atoms with van der Waals surface area (Å²) in [5.74, 6) is 0. The molecule has 0 aromatic heterocycles. The van der Waals surface area contributed by atoms with Crippen molar-refractivity contribution < 1.29 is 0 Å². The third-order valence-corrected chi connectivity index (χ3v) is 4.30. The predicted molar refractivity (Wildman–Crippen MR) is 91.2 cm³/mol. The fraction of sp³-hybridized carbons (Fsp3) is 0.250. The van der Waals surface area contributed by atoms with Crippen molar-refractivity contribution >= 4 is 34.8 Å². The third-order valence-electron chi connectivity index (χ3n) is 3.41. The Labute approximate surface area is 140 Å². The molecule has 0 spiro atoms. The zero-order valence-corrected chi connectivity index (χ0v) is 14.0. The molecule has 0 bridgehead atoms. The van der Waals surface area contributed by atoms with Crippen LogP contribution in [0.2, 0.25) is 15.1 Å². The maximum Gasteiger partial charge on any atom is 0.0500 e. The van der Waals surface area contributed by atoms with Gasteiger partial charge in [-0.3, -0.25) is 4.90 Å². The van der Waals surface area contributed by atoms with Gasteiger partial charge in [0.15, 0.2) is 0 Å². The van der Waals surface area contributed by atoms with Crippen LogP contribution >= 0.6 is 34.8 Å². The number of benzene rings is 2. The number of rotatable bonds is 5. The Balaban J connectivity index is 2.25. The normalized spacial score (nSPS) is 12.7. The van der Waals surface area contributed by atoms with E-state index < -0.39 is 0 Å². The first-order chi connectivity index (χ1) is 10.0. The molecule has 0 amide bonds. The van der Waals surface area contributed by atoms with E-state index in [4.69, 9.17) is 40.5 Å². The topological polar surface area (TPSA) is 29.3 Å². The SMILES string of the molecule is CN(Cc1cccc(Cl)c1)C(CN)c1c(Cl)cccc1Cl. The fourth-order valence-electron chi connectivity index (χ4n) is 2.38. The first kappa shape index (κ1) is 16.6. The van der Waals surface area contributed by atoms with Crippen molar-refractivity contribution in [2.24, 2.45) is 5.73 Å². The Morgan fingerprint density at radius 3 is 2.24 bits per heavy atom. The summed E-state index contributed by atoms with van der Waals surface area (Å²) in [6.45, 7) is 1.14. The van der Waals surface area contributed by atoms with Crippen LogP contribution in [-0.4, -0.2) is 18.5 Å². The summed E-state index contributed by atoms with van der Waals surface area (Å²) in [7, 11) is 2.00. The molecule has 2 N–H and O–H groups in total. The van der Waals surface area contributed by atoms with E-state index in [2.05, 4.69) is 4.90 Å². The standard InChI is InChI=1S/C16H17Cl3N2/c1-21(10-11-4-2-5-12(17)8-11)15(9-20)16-13(18)6-3-7-14(16)19/h2-8,15H,9-10,20H2,1H3. The zero-order valence-electron chi connectivity index (χ0n) is 11.7. The molecule has 1 unspecified atom stereocenters. The molecule has 0 saturated carbocycles. The molecule has 2 rings (SSSR count). The molecule has 0 saturated heterocycles. The van der Waals surface area contributed by atoms with Gasteiger partial charge in [0.2, 0.25) is 0 Å². The smallest absolute Gasteiger partial charge is 0.0500 e. The minimum atomic E-state index is -0.0508. The summed E-state index contributed by atoms with van der Waals surface area (Å²) in [5.41, 5.74) is 7.93. The second kappa shape index (κ2) is 7.48. The zero-order chi connectivity index (χ0) is 15.4. The van der Waals surface area contributed by atoms with Crippen LogP contribution in [0.25, 0.3) is 0 Å². The van der Waals surface area contributed by atoms with Gasteiger partial charge in [0.25, 0.3) is 0 Å². The molecule has 0 heterocycles. The Bertz CT molecular complexity index is 596. The largest absolute Gasteiger partial charge is 0.329 e. The minimum Gasteiger partial charge on any atom is -0.329 e. The van der Waals surface area contributed by atoms with E-state index in [1.54, 1.807) is 0 Å². The summed E-state index contributed by atoms with van der Waals surface area (Å²) in [5, 5.41) is 1.99. The summed E-state index contributed by atoms with van der Waals surface area (Å²) in [4.78, 5) is 2.12. The van der Waals surface area contributed by atoms with E-state index in [-0.39, 0.29) is 6.04 Å². The maximum absolute atomic E-state index is 6.29. The lowest BCUT2D eigenvalue weighted by Crippen LogP contribution is -2.30. The number of halogens is 3. The van der Waals surface area contributed by atoms with Crippen molar-refractivity contribution in [3.8, 4) is 0 Å². The molecular formula is C16H17Cl3N2. The lowest BCUT2D eigenvalue weighted by atomic mass is 10.0. The molecule has 0 aliphatic heterocycles. The first-order valence-corrected chi connectivity index (χ1v) is 7.75. The van der Waals surface area contributed by atoms with Crippen molar-refractivity contribution in [2.75, 3.05) is 13.6 Å². The van der Waals surface area contributed by atoms with Gasteiger partial charge < -0.3 is 5.73 Å². The van der Waals surface area contributed by atoms with E-state index in [0.717, 1.165) is 16.1 Å². The summed E-state index contributed by atoms with van der Waals surface area (Å²) >= 11 is 18.6. The van der Waals surface area contributed by atoms with E-state index in [0.29, 0.717) is 23.1 Å². The first-order valence-electron chi connectivity index (χ1n) is 6.61. The summed E-state index contributed by atoms with van der Waals surface area (Å²) < 4.78 is 0. The van der Waals surface area contributed by atoms with E-state index in [9.17, 15) is 0 Å². The Morgan fingerprint density at radius 2 is 1.67 bits per heavy atom. The Hall–Kier alpha value is -0.770. The van der Waals surface area contributed by atoms with Crippen LogP contribution in [0, 0.1) is 0 Å². The number of hydrogen-bond donors (Lipinski definition) is 1. The Kier molecular flexibility index (Phi) is 5.91. The van der Waals surface area contributed by atoms with Crippen LogP contribution in [0.15, 0.2) is 42.5 Å². The van der Waals surface area contributed by atoms with Crippen LogP contribution in [-0.2, 0) is 6.54 Å². The lowest BCUT2D eigenvalue weighted by molar-refractivity contribution is 0.242. The van der Waals surface area contributed by atoms with Gasteiger partial charge in [-0.25, -0.2) is 0 Å². The van der Waals surface area contributed by atoms with E-state index in [1.165, 1.54) is 0 Å². The molecule has 5 heteroatoms. The highest BCUT2D eigenvalue weighted by molar-refractivity contribution is 6.36. The van der Waals surface area contributed by atoms with Crippen molar-refractivity contribution in [1.82, 2.24) is 4.90 Å². The van der Waals surface area contributed by atoms with Crippen molar-refractivity contribution in [3.63, 3.8) is 0 Å². The van der Waals surface area contributed by atoms with Gasteiger partial charge in [0.05, 0.1) is 6.04 Å². The predicted octanol–water partition coefficient (Wildman–Crippen LogP) is 4.78. The summed E-state index contributed by atoms with van der Waals surface area (Å²) in [6.07, 6.45) is 0. The van der Waals surface area contributed by atoms with Gasteiger partial charge in [-0.15, -0.1) is 0 Å². The van der Waals surface area contributed by atoms with E-state index in [1.807, 2.05) is 49.5 Å². The quantitative estimate of drug-likeness (QED) is 0.846. The number of nitrogens with zero attached hydrogens (tertiary/aromatic N) is 1. The lowest BCUT2D eigenvalue weighted by Gasteiger charge is -2.29. The molecular weight excluding hydrogens is 327 g/mol. The van der Waals surface area contributed by atoms with Gasteiger partial charge in [0, 0.05) is 33.7 Å². The summed E-state index contributed by atoms with van der Waals surface area (Å²) in [6, 6.07) is 13.2. The second-order valence-electron chi connectivity index (χ2n) is 4.93. The van der Waals surface area contributed by atoms with Gasteiger partial charge in [0.1, 0.15) is 0 Å². The molecule has 1 atom stereocenters. The van der Waals surface area contributed by atoms with Gasteiger partial charge >= 0.3 is 0 Å². The van der Waals surface area contributed by atoms with Crippen LogP contribution in [0.5, 0.6) is 0 Å². The average molecular weight is 344 g/mol. The Morgan fingerprint density at radius 1 is 1.05 bits per heavy atom. The van der Waals surface area contributed by atoms with Gasteiger partial charge in [-0.1, -0.05) is 53.0 Å². The highest BCUT2D eigenvalue weighted by Crippen LogP contribution is 2.33. The molecule has 0 aliphatic rings. The number of nitrogens with two attached hydrogens (primary N) is 1. The number of hydrogen-bond acceptors (Lipinski definition) is 2. The average Bonchev–Trinajstić information content (AvgIpc) is 2.43. The molecule has 0 aliphatic carbocycles. The third kappa shape index (κ3) is 4.12. The molecule has 2 aromatic rings. The maximum atomic E-state index is 6.29. The molecule has 2 aromatic carbocycles.